The molecule has 0 unspecified atom stereocenters. The van der Waals surface area contributed by atoms with Crippen molar-refractivity contribution in [3.05, 3.63) is 41.5 Å². The number of amides is 1. The molecule has 0 aliphatic carbocycles. The van der Waals surface area contributed by atoms with Crippen molar-refractivity contribution in [3.8, 4) is 11.5 Å². The second-order valence-electron chi connectivity index (χ2n) is 4.76. The molecule has 0 aliphatic rings. The molecular formula is C16H15N3O7. The third-order valence-corrected chi connectivity index (χ3v) is 3.29. The Kier molecular flexibility index (Phi) is 5.68. The Balaban J connectivity index is 2.50. The maximum Gasteiger partial charge on any atom is 0.356 e. The minimum atomic E-state index is -1.41. The molecular weight excluding hydrogens is 346 g/mol. The van der Waals surface area contributed by atoms with E-state index in [-0.39, 0.29) is 22.7 Å². The van der Waals surface area contributed by atoms with Gasteiger partial charge in [-0.3, -0.25) is 4.79 Å². The van der Waals surface area contributed by atoms with Crippen LogP contribution in [0.15, 0.2) is 24.5 Å². The van der Waals surface area contributed by atoms with Gasteiger partial charge in [0.1, 0.15) is 0 Å². The van der Waals surface area contributed by atoms with Gasteiger partial charge in [-0.15, -0.1) is 0 Å². The second-order valence-corrected chi connectivity index (χ2v) is 4.76. The van der Waals surface area contributed by atoms with E-state index in [1.807, 2.05) is 0 Å². The normalized spacial score (nSPS) is 9.96. The van der Waals surface area contributed by atoms with Gasteiger partial charge in [0, 0.05) is 24.5 Å². The molecule has 1 aromatic heterocycles. The van der Waals surface area contributed by atoms with Crippen molar-refractivity contribution in [2.75, 3.05) is 26.6 Å². The molecule has 2 aromatic rings. The number of carbonyl (C=O) groups excluding carboxylic acids is 2. The van der Waals surface area contributed by atoms with Gasteiger partial charge in [-0.25, -0.2) is 19.6 Å². The largest absolute Gasteiger partial charge is 0.493 e. The number of aromatic nitrogens is 2. The molecule has 0 saturated carbocycles. The van der Waals surface area contributed by atoms with Crippen LogP contribution in [0.1, 0.15) is 31.3 Å². The number of aromatic carboxylic acids is 1. The number of hydrogen-bond acceptors (Lipinski definition) is 8. The van der Waals surface area contributed by atoms with Gasteiger partial charge in [0.15, 0.2) is 22.9 Å². The lowest BCUT2D eigenvalue weighted by molar-refractivity contribution is 0.0600. The molecule has 0 atom stereocenters. The summed E-state index contributed by atoms with van der Waals surface area (Å²) in [5.74, 6) is -2.53. The molecule has 0 bridgehead atoms. The fraction of sp³-hybridized carbons (Fsp3) is 0.188. The first-order chi connectivity index (χ1) is 12.4. The van der Waals surface area contributed by atoms with Crippen LogP contribution in [0.25, 0.3) is 0 Å². The van der Waals surface area contributed by atoms with Gasteiger partial charge in [-0.1, -0.05) is 0 Å². The van der Waals surface area contributed by atoms with Crippen LogP contribution >= 0.6 is 0 Å². The summed E-state index contributed by atoms with van der Waals surface area (Å²) < 4.78 is 15.0. The first-order valence-corrected chi connectivity index (χ1v) is 7.12. The van der Waals surface area contributed by atoms with E-state index in [0.29, 0.717) is 0 Å². The molecule has 136 valence electrons. The quantitative estimate of drug-likeness (QED) is 0.728. The van der Waals surface area contributed by atoms with Gasteiger partial charge in [0.25, 0.3) is 5.91 Å². The summed E-state index contributed by atoms with van der Waals surface area (Å²) in [6.45, 7) is 0. The van der Waals surface area contributed by atoms with Crippen LogP contribution in [0.3, 0.4) is 0 Å². The number of carbonyl (C=O) groups is 3. The van der Waals surface area contributed by atoms with Crippen molar-refractivity contribution in [1.82, 2.24) is 9.97 Å². The number of benzene rings is 1. The van der Waals surface area contributed by atoms with E-state index in [2.05, 4.69) is 15.3 Å². The highest BCUT2D eigenvalue weighted by Gasteiger charge is 2.23. The number of nitrogens with zero attached hydrogens (tertiary/aromatic N) is 2. The molecule has 0 radical (unpaired) electrons. The summed E-state index contributed by atoms with van der Waals surface area (Å²) in [6, 6.07) is 2.68. The summed E-state index contributed by atoms with van der Waals surface area (Å²) in [6.07, 6.45) is 2.33. The number of nitrogens with one attached hydrogen (secondary N) is 1. The number of carboxylic acids is 1. The van der Waals surface area contributed by atoms with Crippen LogP contribution in [0, 0.1) is 0 Å². The predicted octanol–water partition coefficient (Wildman–Crippen LogP) is 1.23. The number of esters is 1. The summed E-state index contributed by atoms with van der Waals surface area (Å²) in [7, 11) is 3.94. The Bertz CT molecular complexity index is 867. The van der Waals surface area contributed by atoms with Crippen molar-refractivity contribution in [2.24, 2.45) is 0 Å². The van der Waals surface area contributed by atoms with E-state index in [9.17, 15) is 14.4 Å². The second kappa shape index (κ2) is 7.92. The van der Waals surface area contributed by atoms with E-state index >= 15 is 0 Å². The highest BCUT2D eigenvalue weighted by Crippen LogP contribution is 2.34. The minimum absolute atomic E-state index is 0.0146. The zero-order chi connectivity index (χ0) is 19.3. The third kappa shape index (κ3) is 3.69. The van der Waals surface area contributed by atoms with Gasteiger partial charge >= 0.3 is 11.9 Å². The molecule has 0 saturated heterocycles. The summed E-state index contributed by atoms with van der Waals surface area (Å²) in [5.41, 5.74) is -0.920. The van der Waals surface area contributed by atoms with E-state index in [1.54, 1.807) is 0 Å². The first kappa shape index (κ1) is 18.6. The fourth-order valence-electron chi connectivity index (χ4n) is 2.10. The van der Waals surface area contributed by atoms with Crippen LogP contribution in [0.5, 0.6) is 11.5 Å². The highest BCUT2D eigenvalue weighted by atomic mass is 16.5. The van der Waals surface area contributed by atoms with Crippen molar-refractivity contribution < 1.29 is 33.7 Å². The number of ether oxygens (including phenoxy) is 3. The number of methoxy groups -OCH3 is 3. The van der Waals surface area contributed by atoms with Crippen molar-refractivity contribution in [2.45, 2.75) is 0 Å². The van der Waals surface area contributed by atoms with Crippen molar-refractivity contribution in [3.63, 3.8) is 0 Å². The smallest absolute Gasteiger partial charge is 0.356 e. The molecule has 0 aliphatic heterocycles. The molecule has 1 amide bonds. The Morgan fingerprint density at radius 2 is 1.54 bits per heavy atom. The van der Waals surface area contributed by atoms with Gasteiger partial charge in [0.05, 0.1) is 32.6 Å². The van der Waals surface area contributed by atoms with E-state index in [0.717, 1.165) is 6.20 Å². The summed E-state index contributed by atoms with van der Waals surface area (Å²) in [5, 5.41) is 11.5. The van der Waals surface area contributed by atoms with Gasteiger partial charge in [-0.05, 0) is 0 Å². The molecule has 1 heterocycles. The lowest BCUT2D eigenvalue weighted by Gasteiger charge is -2.14. The van der Waals surface area contributed by atoms with Crippen molar-refractivity contribution >= 4 is 23.5 Å². The Morgan fingerprint density at radius 1 is 0.962 bits per heavy atom. The lowest BCUT2D eigenvalue weighted by atomic mass is 10.1. The SMILES string of the molecule is COC(=O)c1cc(OC)c(OC)cc1NC(=O)c1nccnc1C(=O)O. The van der Waals surface area contributed by atoms with Gasteiger partial charge in [-0.2, -0.15) is 0 Å². The maximum absolute atomic E-state index is 12.5. The molecule has 0 fully saturated rings. The van der Waals surface area contributed by atoms with Crippen LogP contribution in [-0.2, 0) is 4.74 Å². The Labute approximate surface area is 147 Å². The molecule has 2 rings (SSSR count). The van der Waals surface area contributed by atoms with Gasteiger partial charge in [0.2, 0.25) is 0 Å². The van der Waals surface area contributed by atoms with Crippen LogP contribution in [0.2, 0.25) is 0 Å². The van der Waals surface area contributed by atoms with Crippen LogP contribution < -0.4 is 14.8 Å². The maximum atomic E-state index is 12.5. The zero-order valence-corrected chi connectivity index (χ0v) is 14.1. The standard InChI is InChI=1S/C16H15N3O7/c1-24-10-6-8(16(23)26-3)9(7-11(10)25-2)19-14(20)12-13(15(21)22)18-5-4-17-12/h4-7H,1-3H3,(H,19,20)(H,21,22). The minimum Gasteiger partial charge on any atom is -0.493 e. The first-order valence-electron chi connectivity index (χ1n) is 7.12. The molecule has 26 heavy (non-hydrogen) atoms. The van der Waals surface area contributed by atoms with Crippen molar-refractivity contribution in [1.29, 1.82) is 0 Å². The van der Waals surface area contributed by atoms with E-state index in [4.69, 9.17) is 19.3 Å². The van der Waals surface area contributed by atoms with E-state index in [1.165, 1.54) is 39.7 Å². The molecule has 10 nitrogen and oxygen atoms in total. The number of rotatable bonds is 6. The molecule has 0 spiro atoms. The molecule has 2 N–H and O–H groups in total. The predicted molar refractivity (Wildman–Crippen MR) is 87.8 cm³/mol. The number of carboxylic acid groups (broad SMARTS) is 1. The number of hydrogen-bond donors (Lipinski definition) is 2. The topological polar surface area (TPSA) is 137 Å². The van der Waals surface area contributed by atoms with Gasteiger partial charge < -0.3 is 24.6 Å². The molecule has 1 aromatic carbocycles. The number of anilines is 1. The highest BCUT2D eigenvalue weighted by molar-refractivity contribution is 6.11. The Hall–Kier alpha value is -3.69. The third-order valence-electron chi connectivity index (χ3n) is 3.29. The summed E-state index contributed by atoms with van der Waals surface area (Å²) in [4.78, 5) is 43.0. The average molecular weight is 361 g/mol. The summed E-state index contributed by atoms with van der Waals surface area (Å²) >= 11 is 0. The molecule has 10 heteroatoms. The van der Waals surface area contributed by atoms with Crippen LogP contribution in [0.4, 0.5) is 5.69 Å². The van der Waals surface area contributed by atoms with E-state index < -0.39 is 29.2 Å². The monoisotopic (exact) mass is 361 g/mol. The van der Waals surface area contributed by atoms with Crippen LogP contribution in [-0.4, -0.2) is 54.2 Å². The lowest BCUT2D eigenvalue weighted by Crippen LogP contribution is -2.21. The fourth-order valence-corrected chi connectivity index (χ4v) is 2.10. The zero-order valence-electron chi connectivity index (χ0n) is 14.1. The Morgan fingerprint density at radius 3 is 2.08 bits per heavy atom. The average Bonchev–Trinajstić information content (AvgIpc) is 2.66.